The van der Waals surface area contributed by atoms with Gasteiger partial charge in [0.2, 0.25) is 5.91 Å². The normalized spacial score (nSPS) is 17.2. The van der Waals surface area contributed by atoms with Crippen LogP contribution in [0.4, 0.5) is 11.6 Å². The van der Waals surface area contributed by atoms with Crippen LogP contribution in [0.25, 0.3) is 11.5 Å². The lowest BCUT2D eigenvalue weighted by molar-refractivity contribution is -0.117. The molecule has 1 saturated heterocycles. The van der Waals surface area contributed by atoms with E-state index in [2.05, 4.69) is 15.5 Å². The van der Waals surface area contributed by atoms with Crippen LogP contribution in [-0.4, -0.2) is 28.6 Å². The molecule has 3 aromatic rings. The monoisotopic (exact) mass is 320 g/mol. The lowest BCUT2D eigenvalue weighted by Gasteiger charge is -2.16. The van der Waals surface area contributed by atoms with Crippen LogP contribution >= 0.6 is 0 Å². The van der Waals surface area contributed by atoms with E-state index < -0.39 is 0 Å². The highest BCUT2D eigenvalue weighted by molar-refractivity contribution is 6.00. The van der Waals surface area contributed by atoms with E-state index in [1.807, 2.05) is 60.7 Å². The molecule has 2 heterocycles. The molecule has 1 N–H and O–H groups in total. The summed E-state index contributed by atoms with van der Waals surface area (Å²) in [6, 6.07) is 18.8. The first-order valence-electron chi connectivity index (χ1n) is 7.83. The summed E-state index contributed by atoms with van der Waals surface area (Å²) in [5.41, 5.74) is 1.76. The lowest BCUT2D eigenvalue weighted by atomic mass is 10.2. The van der Waals surface area contributed by atoms with Gasteiger partial charge in [-0.1, -0.05) is 36.4 Å². The maximum Gasteiger partial charge on any atom is 0.264 e. The summed E-state index contributed by atoms with van der Waals surface area (Å²) in [6.45, 7) is 0.671. The fourth-order valence-corrected chi connectivity index (χ4v) is 2.81. The zero-order chi connectivity index (χ0) is 16.4. The Morgan fingerprint density at radius 1 is 1.04 bits per heavy atom. The average Bonchev–Trinajstić information content (AvgIpc) is 3.25. The van der Waals surface area contributed by atoms with Crippen molar-refractivity contribution in [3.8, 4) is 11.5 Å². The first kappa shape index (κ1) is 14.4. The largest absolute Gasteiger partial charge is 0.340 e. The maximum atomic E-state index is 12.6. The van der Waals surface area contributed by atoms with Crippen molar-refractivity contribution in [1.29, 1.82) is 0 Å². The van der Waals surface area contributed by atoms with Crippen LogP contribution in [0.1, 0.15) is 6.42 Å². The molecule has 1 amide bonds. The van der Waals surface area contributed by atoms with Gasteiger partial charge in [0.15, 0.2) is 0 Å². The minimum absolute atomic E-state index is 0.0206. The van der Waals surface area contributed by atoms with E-state index in [-0.39, 0.29) is 11.9 Å². The smallest absolute Gasteiger partial charge is 0.264 e. The van der Waals surface area contributed by atoms with Crippen molar-refractivity contribution in [1.82, 2.24) is 10.1 Å². The van der Waals surface area contributed by atoms with E-state index >= 15 is 0 Å². The molecule has 0 radical (unpaired) electrons. The molecule has 6 heteroatoms. The van der Waals surface area contributed by atoms with Crippen molar-refractivity contribution in [3.05, 3.63) is 60.7 Å². The molecule has 0 saturated carbocycles. The van der Waals surface area contributed by atoms with Crippen LogP contribution in [0.5, 0.6) is 0 Å². The van der Waals surface area contributed by atoms with Crippen molar-refractivity contribution in [3.63, 3.8) is 0 Å². The predicted molar refractivity (Wildman–Crippen MR) is 90.6 cm³/mol. The first-order valence-corrected chi connectivity index (χ1v) is 7.83. The number of para-hydroxylation sites is 1. The summed E-state index contributed by atoms with van der Waals surface area (Å²) in [7, 11) is 0. The maximum absolute atomic E-state index is 12.6. The molecule has 1 unspecified atom stereocenters. The van der Waals surface area contributed by atoms with Crippen LogP contribution in [0.3, 0.4) is 0 Å². The number of rotatable bonds is 4. The second-order valence-electron chi connectivity index (χ2n) is 5.60. The second-order valence-corrected chi connectivity index (χ2v) is 5.60. The van der Waals surface area contributed by atoms with Gasteiger partial charge >= 0.3 is 0 Å². The van der Waals surface area contributed by atoms with Crippen LogP contribution in [0.2, 0.25) is 0 Å². The lowest BCUT2D eigenvalue weighted by Crippen LogP contribution is -2.33. The van der Waals surface area contributed by atoms with Crippen LogP contribution in [0, 0.1) is 0 Å². The number of anilines is 2. The Labute approximate surface area is 139 Å². The zero-order valence-corrected chi connectivity index (χ0v) is 12.9. The number of carbonyl (C=O) groups excluding carboxylic acids is 1. The molecule has 1 fully saturated rings. The standard InChI is InChI=1S/C18H16N4O2/c23-17-15(11-12-22(17)14-9-5-2-6-10-14)19-18-20-16(24-21-18)13-7-3-1-4-8-13/h1-10,15H,11-12H2,(H,19,21). The van der Waals surface area contributed by atoms with Crippen LogP contribution in [0.15, 0.2) is 65.2 Å². The number of hydrogen-bond donors (Lipinski definition) is 1. The summed E-state index contributed by atoms with van der Waals surface area (Å²) in [5, 5.41) is 6.99. The topological polar surface area (TPSA) is 71.3 Å². The number of amides is 1. The van der Waals surface area contributed by atoms with Gasteiger partial charge in [0.1, 0.15) is 6.04 Å². The van der Waals surface area contributed by atoms with Gasteiger partial charge < -0.3 is 14.7 Å². The molecule has 0 aliphatic carbocycles. The minimum atomic E-state index is -0.341. The van der Waals surface area contributed by atoms with E-state index in [0.29, 0.717) is 24.8 Å². The molecule has 24 heavy (non-hydrogen) atoms. The van der Waals surface area contributed by atoms with Gasteiger partial charge in [-0.25, -0.2) is 0 Å². The molecule has 0 spiro atoms. The minimum Gasteiger partial charge on any atom is -0.340 e. The number of carbonyl (C=O) groups is 1. The quantitative estimate of drug-likeness (QED) is 0.800. The fourth-order valence-electron chi connectivity index (χ4n) is 2.81. The van der Waals surface area contributed by atoms with Gasteiger partial charge in [0.05, 0.1) is 0 Å². The number of hydrogen-bond acceptors (Lipinski definition) is 5. The van der Waals surface area contributed by atoms with E-state index in [1.54, 1.807) is 4.90 Å². The van der Waals surface area contributed by atoms with E-state index in [0.717, 1.165) is 11.3 Å². The molecule has 4 rings (SSSR count). The van der Waals surface area contributed by atoms with Gasteiger partial charge in [0.25, 0.3) is 11.8 Å². The SMILES string of the molecule is O=C1C(Nc2noc(-c3ccccc3)n2)CCN1c1ccccc1. The van der Waals surface area contributed by atoms with Crippen LogP contribution in [-0.2, 0) is 4.79 Å². The highest BCUT2D eigenvalue weighted by Crippen LogP contribution is 2.24. The highest BCUT2D eigenvalue weighted by atomic mass is 16.5. The fraction of sp³-hybridized carbons (Fsp3) is 0.167. The van der Waals surface area contributed by atoms with Gasteiger partial charge in [-0.3, -0.25) is 4.79 Å². The molecule has 6 nitrogen and oxygen atoms in total. The summed E-state index contributed by atoms with van der Waals surface area (Å²) >= 11 is 0. The van der Waals surface area contributed by atoms with E-state index in [4.69, 9.17) is 4.52 Å². The van der Waals surface area contributed by atoms with Crippen molar-refractivity contribution in [2.45, 2.75) is 12.5 Å². The Morgan fingerprint density at radius 2 is 1.75 bits per heavy atom. The average molecular weight is 320 g/mol. The molecular formula is C18H16N4O2. The van der Waals surface area contributed by atoms with Gasteiger partial charge in [-0.15, -0.1) is 0 Å². The molecule has 1 atom stereocenters. The number of nitrogens with one attached hydrogen (secondary N) is 1. The Balaban J connectivity index is 1.47. The van der Waals surface area contributed by atoms with Crippen molar-refractivity contribution >= 4 is 17.5 Å². The number of nitrogens with zero attached hydrogens (tertiary/aromatic N) is 3. The summed E-state index contributed by atoms with van der Waals surface area (Å²) in [5.74, 6) is 0.790. The predicted octanol–water partition coefficient (Wildman–Crippen LogP) is 2.95. The number of aromatic nitrogens is 2. The third kappa shape index (κ3) is 2.74. The Kier molecular flexibility index (Phi) is 3.70. The third-order valence-electron chi connectivity index (χ3n) is 4.02. The Hall–Kier alpha value is -3.15. The summed E-state index contributed by atoms with van der Waals surface area (Å²) in [6.07, 6.45) is 0.697. The molecule has 1 aromatic heterocycles. The van der Waals surface area contributed by atoms with Gasteiger partial charge in [-0.05, 0) is 35.8 Å². The summed E-state index contributed by atoms with van der Waals surface area (Å²) < 4.78 is 5.26. The van der Waals surface area contributed by atoms with Gasteiger partial charge in [0, 0.05) is 17.8 Å². The zero-order valence-electron chi connectivity index (χ0n) is 12.9. The Morgan fingerprint density at radius 3 is 2.50 bits per heavy atom. The van der Waals surface area contributed by atoms with Crippen molar-refractivity contribution < 1.29 is 9.32 Å². The molecule has 120 valence electrons. The first-order chi connectivity index (χ1) is 11.8. The molecule has 1 aliphatic heterocycles. The highest BCUT2D eigenvalue weighted by Gasteiger charge is 2.33. The number of benzene rings is 2. The molecule has 1 aliphatic rings. The molecule has 2 aromatic carbocycles. The van der Waals surface area contributed by atoms with Crippen LogP contribution < -0.4 is 10.2 Å². The van der Waals surface area contributed by atoms with Crippen molar-refractivity contribution in [2.24, 2.45) is 0 Å². The van der Waals surface area contributed by atoms with Crippen molar-refractivity contribution in [2.75, 3.05) is 16.8 Å². The van der Waals surface area contributed by atoms with E-state index in [9.17, 15) is 4.79 Å². The van der Waals surface area contributed by atoms with E-state index in [1.165, 1.54) is 0 Å². The third-order valence-corrected chi connectivity index (χ3v) is 4.02. The Bertz CT molecular complexity index is 832. The molecular weight excluding hydrogens is 304 g/mol. The summed E-state index contributed by atoms with van der Waals surface area (Å²) in [4.78, 5) is 18.7. The molecule has 0 bridgehead atoms. The van der Waals surface area contributed by atoms with Gasteiger partial charge in [-0.2, -0.15) is 4.98 Å². The second kappa shape index (κ2) is 6.16.